The number of halogens is 1. The SMILES string of the molecule is O=[N+]([O-])c1ccc(Oc2cccc(Br)c2)c2ncccc12. The molecule has 0 saturated carbocycles. The number of ether oxygens (including phenoxy) is 1. The molecule has 2 aromatic carbocycles. The van der Waals surface area contributed by atoms with E-state index < -0.39 is 4.92 Å². The lowest BCUT2D eigenvalue weighted by Crippen LogP contribution is -1.93. The van der Waals surface area contributed by atoms with Crippen LogP contribution in [0.2, 0.25) is 0 Å². The second-order valence-corrected chi connectivity index (χ2v) is 5.21. The van der Waals surface area contributed by atoms with Gasteiger partial charge in [0.15, 0.2) is 5.75 Å². The summed E-state index contributed by atoms with van der Waals surface area (Å²) in [5.74, 6) is 1.11. The van der Waals surface area contributed by atoms with Crippen LogP contribution in [0.25, 0.3) is 10.9 Å². The molecule has 0 radical (unpaired) electrons. The highest BCUT2D eigenvalue weighted by Gasteiger charge is 2.16. The number of rotatable bonds is 3. The number of pyridine rings is 1. The van der Waals surface area contributed by atoms with E-state index in [4.69, 9.17) is 4.74 Å². The van der Waals surface area contributed by atoms with Crippen LogP contribution in [-0.2, 0) is 0 Å². The molecule has 21 heavy (non-hydrogen) atoms. The van der Waals surface area contributed by atoms with Gasteiger partial charge in [-0.2, -0.15) is 0 Å². The van der Waals surface area contributed by atoms with Crippen LogP contribution in [0.1, 0.15) is 0 Å². The molecule has 0 unspecified atom stereocenters. The Morgan fingerprint density at radius 3 is 2.76 bits per heavy atom. The molecule has 3 aromatic rings. The first-order chi connectivity index (χ1) is 10.1. The third kappa shape index (κ3) is 2.71. The van der Waals surface area contributed by atoms with E-state index >= 15 is 0 Å². The van der Waals surface area contributed by atoms with Gasteiger partial charge in [-0.15, -0.1) is 0 Å². The second-order valence-electron chi connectivity index (χ2n) is 4.30. The smallest absolute Gasteiger partial charge is 0.279 e. The molecule has 0 aliphatic heterocycles. The Hall–Kier alpha value is -2.47. The summed E-state index contributed by atoms with van der Waals surface area (Å²) in [6.45, 7) is 0. The Balaban J connectivity index is 2.12. The van der Waals surface area contributed by atoms with Crippen molar-refractivity contribution >= 4 is 32.5 Å². The van der Waals surface area contributed by atoms with Gasteiger partial charge in [-0.25, -0.2) is 0 Å². The molecule has 1 aromatic heterocycles. The number of nitrogens with zero attached hydrogens (tertiary/aromatic N) is 2. The van der Waals surface area contributed by atoms with Crippen molar-refractivity contribution in [3.8, 4) is 11.5 Å². The molecule has 0 aliphatic rings. The van der Waals surface area contributed by atoms with Crippen molar-refractivity contribution in [1.29, 1.82) is 0 Å². The van der Waals surface area contributed by atoms with Crippen LogP contribution >= 0.6 is 15.9 Å². The van der Waals surface area contributed by atoms with Gasteiger partial charge in [-0.1, -0.05) is 22.0 Å². The van der Waals surface area contributed by atoms with E-state index in [1.54, 1.807) is 30.5 Å². The van der Waals surface area contributed by atoms with Crippen LogP contribution in [-0.4, -0.2) is 9.91 Å². The summed E-state index contributed by atoms with van der Waals surface area (Å²) in [5.41, 5.74) is 0.478. The number of hydrogen-bond acceptors (Lipinski definition) is 4. The van der Waals surface area contributed by atoms with Crippen molar-refractivity contribution in [1.82, 2.24) is 4.98 Å². The Labute approximate surface area is 128 Å². The molecule has 0 N–H and O–H groups in total. The monoisotopic (exact) mass is 344 g/mol. The lowest BCUT2D eigenvalue weighted by Gasteiger charge is -2.08. The van der Waals surface area contributed by atoms with E-state index in [9.17, 15) is 10.1 Å². The number of benzene rings is 2. The first kappa shape index (κ1) is 13.5. The van der Waals surface area contributed by atoms with Gasteiger partial charge in [0.05, 0.1) is 10.3 Å². The fourth-order valence-electron chi connectivity index (χ4n) is 2.03. The van der Waals surface area contributed by atoms with E-state index in [-0.39, 0.29) is 5.69 Å². The number of non-ortho nitro benzene ring substituents is 1. The third-order valence-corrected chi connectivity index (χ3v) is 3.42. The molecular formula is C15H9BrN2O3. The maximum Gasteiger partial charge on any atom is 0.279 e. The number of hydrogen-bond donors (Lipinski definition) is 0. The topological polar surface area (TPSA) is 65.3 Å². The van der Waals surface area contributed by atoms with Crippen LogP contribution < -0.4 is 4.74 Å². The first-order valence-electron chi connectivity index (χ1n) is 6.11. The van der Waals surface area contributed by atoms with Crippen molar-refractivity contribution < 1.29 is 9.66 Å². The molecular weight excluding hydrogens is 336 g/mol. The molecule has 0 aliphatic carbocycles. The average molecular weight is 345 g/mol. The molecule has 104 valence electrons. The highest BCUT2D eigenvalue weighted by atomic mass is 79.9. The summed E-state index contributed by atoms with van der Waals surface area (Å²) in [4.78, 5) is 14.8. The summed E-state index contributed by atoms with van der Waals surface area (Å²) >= 11 is 3.37. The van der Waals surface area contributed by atoms with Crippen LogP contribution in [0.3, 0.4) is 0 Å². The molecule has 0 spiro atoms. The molecule has 5 nitrogen and oxygen atoms in total. The van der Waals surface area contributed by atoms with Crippen molar-refractivity contribution in [2.24, 2.45) is 0 Å². The van der Waals surface area contributed by atoms with Gasteiger partial charge in [0.1, 0.15) is 11.3 Å². The molecule has 0 amide bonds. The minimum atomic E-state index is -0.424. The fourth-order valence-corrected chi connectivity index (χ4v) is 2.41. The van der Waals surface area contributed by atoms with E-state index in [0.29, 0.717) is 22.4 Å². The van der Waals surface area contributed by atoms with E-state index in [1.807, 2.05) is 18.2 Å². The summed E-state index contributed by atoms with van der Waals surface area (Å²) in [7, 11) is 0. The van der Waals surface area contributed by atoms with Crippen molar-refractivity contribution in [2.75, 3.05) is 0 Å². The summed E-state index contributed by atoms with van der Waals surface area (Å²) in [5, 5.41) is 11.5. The fraction of sp³-hybridized carbons (Fsp3) is 0. The second kappa shape index (κ2) is 5.49. The summed E-state index contributed by atoms with van der Waals surface area (Å²) < 4.78 is 6.68. The maximum atomic E-state index is 11.1. The molecule has 0 saturated heterocycles. The van der Waals surface area contributed by atoms with Crippen LogP contribution in [0.15, 0.2) is 59.2 Å². The maximum absolute atomic E-state index is 11.1. The van der Waals surface area contributed by atoms with Crippen LogP contribution in [0.5, 0.6) is 11.5 Å². The Kier molecular flexibility index (Phi) is 3.53. The van der Waals surface area contributed by atoms with Crippen molar-refractivity contribution in [2.45, 2.75) is 0 Å². The van der Waals surface area contributed by atoms with Gasteiger partial charge in [-0.3, -0.25) is 15.1 Å². The van der Waals surface area contributed by atoms with Gasteiger partial charge in [-0.05, 0) is 36.4 Å². The first-order valence-corrected chi connectivity index (χ1v) is 6.90. The molecule has 0 bridgehead atoms. The van der Waals surface area contributed by atoms with Gasteiger partial charge in [0.2, 0.25) is 0 Å². The number of nitro groups is 1. The zero-order chi connectivity index (χ0) is 14.8. The lowest BCUT2D eigenvalue weighted by atomic mass is 10.1. The predicted molar refractivity (Wildman–Crippen MR) is 82.6 cm³/mol. The molecule has 0 fully saturated rings. The minimum absolute atomic E-state index is 0.0136. The van der Waals surface area contributed by atoms with E-state index in [2.05, 4.69) is 20.9 Å². The zero-order valence-electron chi connectivity index (χ0n) is 10.7. The molecule has 3 rings (SSSR count). The minimum Gasteiger partial charge on any atom is -0.455 e. The Morgan fingerprint density at radius 1 is 1.14 bits per heavy atom. The van der Waals surface area contributed by atoms with Crippen LogP contribution in [0.4, 0.5) is 5.69 Å². The molecule has 1 heterocycles. The number of nitro benzene ring substituents is 1. The highest BCUT2D eigenvalue weighted by Crippen LogP contribution is 2.34. The van der Waals surface area contributed by atoms with Crippen LogP contribution in [0, 0.1) is 10.1 Å². The summed E-state index contributed by atoms with van der Waals surface area (Å²) in [6, 6.07) is 13.7. The van der Waals surface area contributed by atoms with Crippen molar-refractivity contribution in [3.63, 3.8) is 0 Å². The Bertz CT molecular complexity index is 836. The normalized spacial score (nSPS) is 10.5. The predicted octanol–water partition coefficient (Wildman–Crippen LogP) is 4.70. The number of aromatic nitrogens is 1. The largest absolute Gasteiger partial charge is 0.455 e. The van der Waals surface area contributed by atoms with E-state index in [1.165, 1.54) is 6.07 Å². The van der Waals surface area contributed by atoms with Crippen molar-refractivity contribution in [3.05, 3.63) is 69.3 Å². The average Bonchev–Trinajstić information content (AvgIpc) is 2.47. The quantitative estimate of drug-likeness (QED) is 0.510. The standard InChI is InChI=1S/C15H9BrN2O3/c16-10-3-1-4-11(9-10)21-14-7-6-13(18(19)20)12-5-2-8-17-15(12)14/h1-9H. The zero-order valence-corrected chi connectivity index (χ0v) is 12.3. The lowest BCUT2D eigenvalue weighted by molar-refractivity contribution is -0.383. The molecule has 6 heteroatoms. The Morgan fingerprint density at radius 2 is 2.00 bits per heavy atom. The number of fused-ring (bicyclic) bond motifs is 1. The molecule has 0 atom stereocenters. The van der Waals surface area contributed by atoms with Gasteiger partial charge < -0.3 is 4.74 Å². The van der Waals surface area contributed by atoms with E-state index in [0.717, 1.165) is 4.47 Å². The van der Waals surface area contributed by atoms with Gasteiger partial charge >= 0.3 is 0 Å². The third-order valence-electron chi connectivity index (χ3n) is 2.93. The summed E-state index contributed by atoms with van der Waals surface area (Å²) in [6.07, 6.45) is 1.58. The van der Waals surface area contributed by atoms with Gasteiger partial charge in [0, 0.05) is 16.7 Å². The highest BCUT2D eigenvalue weighted by molar-refractivity contribution is 9.10. The van der Waals surface area contributed by atoms with Gasteiger partial charge in [0.25, 0.3) is 5.69 Å².